The van der Waals surface area contributed by atoms with Crippen LogP contribution in [-0.4, -0.2) is 55.2 Å². The summed E-state index contributed by atoms with van der Waals surface area (Å²) in [4.78, 5) is 37.4. The summed E-state index contributed by atoms with van der Waals surface area (Å²) in [5, 5.41) is 2.65. The molecule has 1 N–H and O–H groups in total. The first kappa shape index (κ1) is 19.0. The molecule has 0 spiro atoms. The number of ether oxygens (including phenoxy) is 1. The fourth-order valence-electron chi connectivity index (χ4n) is 1.60. The largest absolute Gasteiger partial charge is 0.452 e. The molecular weight excluding hydrogens is 316 g/mol. The number of amides is 2. The molecule has 0 aliphatic carbocycles. The van der Waals surface area contributed by atoms with Gasteiger partial charge >= 0.3 is 5.97 Å². The number of esters is 1. The first-order chi connectivity index (χ1) is 10.8. The van der Waals surface area contributed by atoms with E-state index in [1.54, 1.807) is 38.4 Å². The molecule has 0 saturated heterocycles. The Kier molecular flexibility index (Phi) is 7.61. The molecule has 6 nitrogen and oxygen atoms in total. The monoisotopic (exact) mass is 338 g/mol. The summed E-state index contributed by atoms with van der Waals surface area (Å²) < 4.78 is 5.03. The number of carbonyl (C=O) groups excluding carboxylic acids is 3. The molecule has 0 atom stereocenters. The van der Waals surface area contributed by atoms with Crippen LogP contribution in [0.15, 0.2) is 29.2 Å². The highest BCUT2D eigenvalue weighted by molar-refractivity contribution is 8.00. The first-order valence-corrected chi connectivity index (χ1v) is 8.18. The molecular formula is C16H22N2O4S. The molecule has 0 saturated carbocycles. The molecule has 0 aromatic heterocycles. The Morgan fingerprint density at radius 1 is 1.22 bits per heavy atom. The van der Waals surface area contributed by atoms with Gasteiger partial charge in [0, 0.05) is 25.0 Å². The second-order valence-corrected chi connectivity index (χ2v) is 6.39. The molecule has 1 aromatic carbocycles. The minimum absolute atomic E-state index is 0.0129. The van der Waals surface area contributed by atoms with Gasteiger partial charge in [-0.2, -0.15) is 0 Å². The van der Waals surface area contributed by atoms with E-state index in [2.05, 4.69) is 5.32 Å². The molecule has 2 amide bonds. The number of rotatable bonds is 7. The Labute approximate surface area is 140 Å². The van der Waals surface area contributed by atoms with E-state index in [0.29, 0.717) is 10.5 Å². The Hall–Kier alpha value is -2.02. The average molecular weight is 338 g/mol. The topological polar surface area (TPSA) is 75.7 Å². The Morgan fingerprint density at radius 2 is 1.87 bits per heavy atom. The zero-order valence-electron chi connectivity index (χ0n) is 13.8. The Bertz CT molecular complexity index is 573. The third kappa shape index (κ3) is 6.73. The average Bonchev–Trinajstić information content (AvgIpc) is 2.49. The maximum absolute atomic E-state index is 12.1. The molecule has 0 heterocycles. The van der Waals surface area contributed by atoms with Crippen molar-refractivity contribution in [1.82, 2.24) is 10.2 Å². The van der Waals surface area contributed by atoms with Crippen molar-refractivity contribution in [3.05, 3.63) is 29.8 Å². The third-order valence-corrected chi connectivity index (χ3v) is 3.80. The fourth-order valence-corrected chi connectivity index (χ4v) is 2.62. The van der Waals surface area contributed by atoms with Crippen LogP contribution in [0.2, 0.25) is 0 Å². The second kappa shape index (κ2) is 9.19. The molecule has 0 aliphatic heterocycles. The molecule has 0 bridgehead atoms. The lowest BCUT2D eigenvalue weighted by Crippen LogP contribution is -2.34. The number of hydrogen-bond acceptors (Lipinski definition) is 5. The van der Waals surface area contributed by atoms with Gasteiger partial charge in [-0.05, 0) is 26.0 Å². The summed E-state index contributed by atoms with van der Waals surface area (Å²) in [5.41, 5.74) is 0.349. The van der Waals surface area contributed by atoms with E-state index >= 15 is 0 Å². The van der Waals surface area contributed by atoms with Gasteiger partial charge in [-0.25, -0.2) is 4.79 Å². The molecule has 126 valence electrons. The predicted molar refractivity (Wildman–Crippen MR) is 89.4 cm³/mol. The molecule has 0 unspecified atom stereocenters. The summed E-state index contributed by atoms with van der Waals surface area (Å²) in [6.07, 6.45) is 0. The normalized spacial score (nSPS) is 10.3. The summed E-state index contributed by atoms with van der Waals surface area (Å²) >= 11 is 1.26. The zero-order valence-corrected chi connectivity index (χ0v) is 14.6. The standard InChI is InChI=1S/C16H22N2O4S/c1-11(2)17-14(19)9-22-16(21)12-7-5-6-8-13(12)23-10-15(20)18(3)4/h5-8,11H,9-10H2,1-4H3,(H,17,19). The van der Waals surface area contributed by atoms with E-state index in [1.165, 1.54) is 16.7 Å². The van der Waals surface area contributed by atoms with Crippen molar-refractivity contribution in [3.8, 4) is 0 Å². The molecule has 23 heavy (non-hydrogen) atoms. The van der Waals surface area contributed by atoms with Crippen LogP contribution in [0.3, 0.4) is 0 Å². The number of carbonyl (C=O) groups is 3. The summed E-state index contributed by atoms with van der Waals surface area (Å²) in [5.74, 6) is -0.745. The van der Waals surface area contributed by atoms with E-state index in [1.807, 2.05) is 13.8 Å². The molecule has 0 fully saturated rings. The summed E-state index contributed by atoms with van der Waals surface area (Å²) in [6.45, 7) is 3.33. The predicted octanol–water partition coefficient (Wildman–Crippen LogP) is 1.55. The number of benzene rings is 1. The molecule has 0 aliphatic rings. The fraction of sp³-hybridized carbons (Fsp3) is 0.438. The van der Waals surface area contributed by atoms with Crippen molar-refractivity contribution in [2.24, 2.45) is 0 Å². The summed E-state index contributed by atoms with van der Waals surface area (Å²) in [6, 6.07) is 6.85. The highest BCUT2D eigenvalue weighted by Crippen LogP contribution is 2.23. The van der Waals surface area contributed by atoms with Crippen LogP contribution in [0.1, 0.15) is 24.2 Å². The SMILES string of the molecule is CC(C)NC(=O)COC(=O)c1ccccc1SCC(=O)N(C)C. The maximum atomic E-state index is 12.1. The third-order valence-electron chi connectivity index (χ3n) is 2.74. The van der Waals surface area contributed by atoms with E-state index < -0.39 is 5.97 Å². The van der Waals surface area contributed by atoms with E-state index in [-0.39, 0.29) is 30.2 Å². The lowest BCUT2D eigenvalue weighted by molar-refractivity contribution is -0.126. The minimum Gasteiger partial charge on any atom is -0.452 e. The second-order valence-electron chi connectivity index (χ2n) is 5.37. The van der Waals surface area contributed by atoms with Crippen molar-refractivity contribution >= 4 is 29.5 Å². The molecule has 0 radical (unpaired) electrons. The van der Waals surface area contributed by atoms with Gasteiger partial charge < -0.3 is 15.0 Å². The molecule has 1 rings (SSSR count). The van der Waals surface area contributed by atoms with Gasteiger partial charge in [0.05, 0.1) is 11.3 Å². The van der Waals surface area contributed by atoms with Crippen LogP contribution < -0.4 is 5.32 Å². The van der Waals surface area contributed by atoms with Gasteiger partial charge in [0.25, 0.3) is 5.91 Å². The van der Waals surface area contributed by atoms with Crippen molar-refractivity contribution in [3.63, 3.8) is 0 Å². The van der Waals surface area contributed by atoms with E-state index in [4.69, 9.17) is 4.74 Å². The van der Waals surface area contributed by atoms with E-state index in [9.17, 15) is 14.4 Å². The number of hydrogen-bond donors (Lipinski definition) is 1. The minimum atomic E-state index is -0.579. The van der Waals surface area contributed by atoms with Crippen molar-refractivity contribution in [2.75, 3.05) is 26.5 Å². The molecule has 7 heteroatoms. The van der Waals surface area contributed by atoms with Crippen molar-refractivity contribution in [2.45, 2.75) is 24.8 Å². The lowest BCUT2D eigenvalue weighted by atomic mass is 10.2. The highest BCUT2D eigenvalue weighted by Gasteiger charge is 2.16. The van der Waals surface area contributed by atoms with Gasteiger partial charge in [-0.3, -0.25) is 9.59 Å². The Morgan fingerprint density at radius 3 is 2.48 bits per heavy atom. The van der Waals surface area contributed by atoms with Gasteiger partial charge in [0.1, 0.15) is 0 Å². The van der Waals surface area contributed by atoms with Crippen LogP contribution in [0.4, 0.5) is 0 Å². The maximum Gasteiger partial charge on any atom is 0.339 e. The van der Waals surface area contributed by atoms with Crippen LogP contribution in [-0.2, 0) is 14.3 Å². The number of nitrogens with one attached hydrogen (secondary N) is 1. The smallest absolute Gasteiger partial charge is 0.339 e. The molecule has 1 aromatic rings. The van der Waals surface area contributed by atoms with Crippen molar-refractivity contribution < 1.29 is 19.1 Å². The van der Waals surface area contributed by atoms with Crippen LogP contribution in [0.5, 0.6) is 0 Å². The van der Waals surface area contributed by atoms with Crippen molar-refractivity contribution in [1.29, 1.82) is 0 Å². The quantitative estimate of drug-likeness (QED) is 0.603. The van der Waals surface area contributed by atoms with Gasteiger partial charge in [0.15, 0.2) is 6.61 Å². The number of thioether (sulfide) groups is 1. The van der Waals surface area contributed by atoms with Crippen LogP contribution in [0, 0.1) is 0 Å². The highest BCUT2D eigenvalue weighted by atomic mass is 32.2. The van der Waals surface area contributed by atoms with Crippen LogP contribution in [0.25, 0.3) is 0 Å². The van der Waals surface area contributed by atoms with Gasteiger partial charge in [-0.1, -0.05) is 12.1 Å². The number of nitrogens with zero attached hydrogens (tertiary/aromatic N) is 1. The van der Waals surface area contributed by atoms with Crippen LogP contribution >= 0.6 is 11.8 Å². The zero-order chi connectivity index (χ0) is 17.4. The summed E-state index contributed by atoms with van der Waals surface area (Å²) in [7, 11) is 3.35. The van der Waals surface area contributed by atoms with Gasteiger partial charge in [-0.15, -0.1) is 11.8 Å². The van der Waals surface area contributed by atoms with E-state index in [0.717, 1.165) is 0 Å². The first-order valence-electron chi connectivity index (χ1n) is 7.19. The van der Waals surface area contributed by atoms with Gasteiger partial charge in [0.2, 0.25) is 5.91 Å². The lowest BCUT2D eigenvalue weighted by Gasteiger charge is -2.12. The Balaban J connectivity index is 2.66.